The third-order valence-electron chi connectivity index (χ3n) is 7.23. The molecular formula is C28H26N4O3. The molecule has 7 heteroatoms. The molecule has 0 spiro atoms. The molecule has 1 N–H and O–H groups in total. The molecule has 4 atom stereocenters. The fourth-order valence-corrected chi connectivity index (χ4v) is 6.09. The van der Waals surface area contributed by atoms with Crippen molar-refractivity contribution in [2.75, 3.05) is 27.7 Å². The largest absolute Gasteiger partial charge is 0.481 e. The number of nitriles is 2. The van der Waals surface area contributed by atoms with Crippen LogP contribution in [0, 0.1) is 28.6 Å². The summed E-state index contributed by atoms with van der Waals surface area (Å²) in [6.45, 7) is 0.727. The van der Waals surface area contributed by atoms with Crippen LogP contribution >= 0.6 is 0 Å². The lowest BCUT2D eigenvalue weighted by Gasteiger charge is -2.41. The minimum atomic E-state index is -1.48. The Bertz CT molecular complexity index is 1340. The molecule has 2 aliphatic rings. The monoisotopic (exact) mass is 466 g/mol. The van der Waals surface area contributed by atoms with Crippen LogP contribution in [0.3, 0.4) is 0 Å². The van der Waals surface area contributed by atoms with Crippen molar-refractivity contribution in [1.29, 1.82) is 10.5 Å². The zero-order valence-corrected chi connectivity index (χ0v) is 19.9. The molecule has 0 bridgehead atoms. The summed E-state index contributed by atoms with van der Waals surface area (Å²) >= 11 is 0. The van der Waals surface area contributed by atoms with Gasteiger partial charge in [-0.05, 0) is 49.7 Å². The van der Waals surface area contributed by atoms with E-state index in [2.05, 4.69) is 34.2 Å². The predicted octanol–water partition coefficient (Wildman–Crippen LogP) is 3.67. The lowest BCUT2D eigenvalue weighted by Crippen LogP contribution is -2.48. The molecule has 1 aliphatic heterocycles. The van der Waals surface area contributed by atoms with Crippen molar-refractivity contribution in [3.63, 3.8) is 0 Å². The fourth-order valence-electron chi connectivity index (χ4n) is 6.09. The third-order valence-corrected chi connectivity index (χ3v) is 7.23. The topological polar surface area (TPSA) is 102 Å². The van der Waals surface area contributed by atoms with Gasteiger partial charge in [-0.2, -0.15) is 10.5 Å². The van der Waals surface area contributed by atoms with Gasteiger partial charge in [0.25, 0.3) is 0 Å². The van der Waals surface area contributed by atoms with E-state index in [1.54, 1.807) is 18.2 Å². The number of aromatic nitrogens is 1. The molecule has 7 nitrogen and oxygen atoms in total. The first-order valence-corrected chi connectivity index (χ1v) is 11.5. The minimum absolute atomic E-state index is 0.0292. The average molecular weight is 467 g/mol. The molecule has 2 aromatic carbocycles. The summed E-state index contributed by atoms with van der Waals surface area (Å²) in [6, 6.07) is 23.1. The third kappa shape index (κ3) is 3.28. The summed E-state index contributed by atoms with van der Waals surface area (Å²) in [5.41, 5.74) is 0.240. The van der Waals surface area contributed by atoms with E-state index >= 15 is 0 Å². The van der Waals surface area contributed by atoms with Crippen molar-refractivity contribution in [3.8, 4) is 23.8 Å². The van der Waals surface area contributed by atoms with E-state index in [9.17, 15) is 15.6 Å². The van der Waals surface area contributed by atoms with Crippen LogP contribution in [0.1, 0.15) is 40.3 Å². The van der Waals surface area contributed by atoms with Crippen LogP contribution in [0.5, 0.6) is 11.6 Å². The second-order valence-electron chi connectivity index (χ2n) is 9.50. The molecule has 3 aromatic rings. The summed E-state index contributed by atoms with van der Waals surface area (Å²) in [5, 5.41) is 31.6. The second-order valence-corrected chi connectivity index (χ2v) is 9.50. The number of benzene rings is 2. The molecule has 1 aromatic heterocycles. The fraction of sp³-hybridized carbons (Fsp3) is 0.321. The van der Waals surface area contributed by atoms with Crippen LogP contribution in [0.2, 0.25) is 0 Å². The van der Waals surface area contributed by atoms with Gasteiger partial charge in [0.2, 0.25) is 5.88 Å². The summed E-state index contributed by atoms with van der Waals surface area (Å²) in [7, 11) is 5.52. The normalized spacial score (nSPS) is 26.4. The van der Waals surface area contributed by atoms with Gasteiger partial charge in [0, 0.05) is 18.5 Å². The molecule has 5 rings (SSSR count). The van der Waals surface area contributed by atoms with Crippen molar-refractivity contribution in [1.82, 2.24) is 9.88 Å². The van der Waals surface area contributed by atoms with E-state index in [0.717, 1.165) is 17.7 Å². The number of nitrogens with zero attached hydrogens (tertiary/aromatic N) is 4. The van der Waals surface area contributed by atoms with Gasteiger partial charge in [-0.1, -0.05) is 42.5 Å². The van der Waals surface area contributed by atoms with Crippen molar-refractivity contribution >= 4 is 0 Å². The molecule has 176 valence electrons. The Kier molecular flexibility index (Phi) is 5.48. The number of pyridine rings is 1. The minimum Gasteiger partial charge on any atom is -0.481 e. The van der Waals surface area contributed by atoms with Gasteiger partial charge in [0.05, 0.1) is 24.3 Å². The first-order valence-electron chi connectivity index (χ1n) is 11.5. The first kappa shape index (κ1) is 22.9. The highest BCUT2D eigenvalue weighted by Gasteiger charge is 2.72. The lowest BCUT2D eigenvalue weighted by atomic mass is 9.71. The summed E-state index contributed by atoms with van der Waals surface area (Å²) < 4.78 is 12.4. The molecule has 35 heavy (non-hydrogen) atoms. The van der Waals surface area contributed by atoms with Gasteiger partial charge in [0.1, 0.15) is 23.1 Å². The van der Waals surface area contributed by atoms with E-state index in [0.29, 0.717) is 23.3 Å². The van der Waals surface area contributed by atoms with Gasteiger partial charge < -0.3 is 19.5 Å². The zero-order valence-electron chi connectivity index (χ0n) is 19.9. The van der Waals surface area contributed by atoms with E-state index in [1.165, 1.54) is 7.11 Å². The van der Waals surface area contributed by atoms with Crippen LogP contribution in [0.4, 0.5) is 0 Å². The second kappa shape index (κ2) is 8.39. The number of aliphatic hydroxyl groups is 1. The maximum atomic E-state index is 12.7. The van der Waals surface area contributed by atoms with E-state index < -0.39 is 11.2 Å². The molecule has 1 aliphatic carbocycles. The van der Waals surface area contributed by atoms with Crippen molar-refractivity contribution in [2.24, 2.45) is 5.92 Å². The Hall–Kier alpha value is -3.91. The van der Waals surface area contributed by atoms with Gasteiger partial charge in [-0.3, -0.25) is 0 Å². The Balaban J connectivity index is 1.83. The quantitative estimate of drug-likeness (QED) is 0.612. The van der Waals surface area contributed by atoms with Crippen molar-refractivity contribution in [2.45, 2.75) is 23.5 Å². The Morgan fingerprint density at radius 2 is 1.83 bits per heavy atom. The molecule has 1 saturated carbocycles. The highest BCUT2D eigenvalue weighted by Crippen LogP contribution is 2.69. The van der Waals surface area contributed by atoms with Gasteiger partial charge in [-0.15, -0.1) is 0 Å². The number of hydrogen-bond donors (Lipinski definition) is 1. The predicted molar refractivity (Wildman–Crippen MR) is 129 cm³/mol. The van der Waals surface area contributed by atoms with Crippen molar-refractivity contribution < 1.29 is 14.6 Å². The first-order chi connectivity index (χ1) is 16.9. The molecule has 0 saturated heterocycles. The standard InChI is InChI=1S/C28H26N4O3/c1-32(2)17-20-14-27(33)25-23(13-22(16-30)31-26(25)34-3)35-28(27,21-11-9-18(15-29)10-12-21)24(20)19-7-5-4-6-8-19/h4-13,20,24,33H,14,17H2,1-3H3/t20-,24-,27-,28+/m1/s1. The number of ether oxygens (including phenoxy) is 2. The number of hydrogen-bond acceptors (Lipinski definition) is 7. The van der Waals surface area contributed by atoms with Crippen LogP contribution in [-0.4, -0.2) is 42.7 Å². The van der Waals surface area contributed by atoms with Crippen LogP contribution < -0.4 is 9.47 Å². The van der Waals surface area contributed by atoms with Crippen molar-refractivity contribution in [3.05, 3.63) is 88.6 Å². The summed E-state index contributed by atoms with van der Waals surface area (Å²) in [4.78, 5) is 6.46. The number of methoxy groups -OCH3 is 1. The van der Waals surface area contributed by atoms with E-state index in [4.69, 9.17) is 9.47 Å². The van der Waals surface area contributed by atoms with E-state index in [-0.39, 0.29) is 23.4 Å². The van der Waals surface area contributed by atoms with Gasteiger partial charge in [-0.25, -0.2) is 4.98 Å². The highest BCUT2D eigenvalue weighted by molar-refractivity contribution is 5.59. The number of fused-ring (bicyclic) bond motifs is 3. The van der Waals surface area contributed by atoms with E-state index in [1.807, 2.05) is 44.4 Å². The Morgan fingerprint density at radius 1 is 1.11 bits per heavy atom. The smallest absolute Gasteiger partial charge is 0.224 e. The van der Waals surface area contributed by atoms with Gasteiger partial charge in [0.15, 0.2) is 5.60 Å². The maximum Gasteiger partial charge on any atom is 0.224 e. The summed E-state index contributed by atoms with van der Waals surface area (Å²) in [5.74, 6) is 0.382. The van der Waals surface area contributed by atoms with Gasteiger partial charge >= 0.3 is 0 Å². The molecular weight excluding hydrogens is 440 g/mol. The summed E-state index contributed by atoms with van der Waals surface area (Å²) in [6.07, 6.45) is 0.404. The SMILES string of the molecule is COc1nc(C#N)cc2c1[C@]1(O)C[C@H](CN(C)C)[C@@H](c3ccccc3)[C@]1(c1ccc(C#N)cc1)O2. The Labute approximate surface area is 204 Å². The Morgan fingerprint density at radius 3 is 2.43 bits per heavy atom. The maximum absolute atomic E-state index is 12.7. The molecule has 2 heterocycles. The lowest BCUT2D eigenvalue weighted by molar-refractivity contribution is -0.106. The molecule has 0 radical (unpaired) electrons. The molecule has 1 fully saturated rings. The highest BCUT2D eigenvalue weighted by atomic mass is 16.5. The zero-order chi connectivity index (χ0) is 24.8. The van der Waals surface area contributed by atoms with Crippen LogP contribution in [0.15, 0.2) is 60.7 Å². The average Bonchev–Trinajstić information content (AvgIpc) is 3.26. The molecule has 0 unspecified atom stereocenters. The molecule has 0 amide bonds. The van der Waals surface area contributed by atoms with Crippen LogP contribution in [-0.2, 0) is 11.2 Å². The van der Waals surface area contributed by atoms with Crippen LogP contribution in [0.25, 0.3) is 0 Å². The number of rotatable bonds is 5.